The highest BCUT2D eigenvalue weighted by atomic mass is 16.7. The molecule has 0 aliphatic rings. The molecule has 0 saturated carbocycles. The molecule has 0 fully saturated rings. The Kier molecular flexibility index (Phi) is 17.1. The van der Waals surface area contributed by atoms with Gasteiger partial charge in [-0.3, -0.25) is 0 Å². The molecule has 0 bridgehead atoms. The van der Waals surface area contributed by atoms with E-state index in [0.29, 0.717) is 13.2 Å². The van der Waals surface area contributed by atoms with Crippen LogP contribution in [0, 0.1) is 0 Å². The summed E-state index contributed by atoms with van der Waals surface area (Å²) in [7, 11) is 0. The SMILES string of the molecule is CCCCCCCCCCCCOC[C@@H](C)O[C@H](C)OCC. The van der Waals surface area contributed by atoms with Gasteiger partial charge in [0.25, 0.3) is 0 Å². The van der Waals surface area contributed by atoms with Crippen LogP contribution in [-0.2, 0) is 14.2 Å². The molecule has 0 rings (SSSR count). The van der Waals surface area contributed by atoms with Crippen molar-refractivity contribution in [1.82, 2.24) is 0 Å². The standard InChI is InChI=1S/C19H40O3/c1-5-7-8-9-10-11-12-13-14-15-16-20-17-18(3)22-19(4)21-6-2/h18-19H,5-17H2,1-4H3/t18-,19-/m1/s1. The molecule has 0 saturated heterocycles. The number of unbranched alkanes of at least 4 members (excludes halogenated alkanes) is 9. The van der Waals surface area contributed by atoms with E-state index in [1.807, 2.05) is 20.8 Å². The number of ether oxygens (including phenoxy) is 3. The first-order chi connectivity index (χ1) is 10.7. The van der Waals surface area contributed by atoms with Crippen molar-refractivity contribution in [3.63, 3.8) is 0 Å². The van der Waals surface area contributed by atoms with Crippen LogP contribution in [0.3, 0.4) is 0 Å². The second-order valence-corrected chi connectivity index (χ2v) is 6.23. The lowest BCUT2D eigenvalue weighted by Crippen LogP contribution is -2.24. The second kappa shape index (κ2) is 17.2. The molecule has 0 aromatic rings. The lowest BCUT2D eigenvalue weighted by Gasteiger charge is -2.18. The fraction of sp³-hybridized carbons (Fsp3) is 1.00. The van der Waals surface area contributed by atoms with Gasteiger partial charge >= 0.3 is 0 Å². The van der Waals surface area contributed by atoms with Gasteiger partial charge < -0.3 is 14.2 Å². The monoisotopic (exact) mass is 316 g/mol. The van der Waals surface area contributed by atoms with E-state index < -0.39 is 0 Å². The zero-order chi connectivity index (χ0) is 16.5. The first kappa shape index (κ1) is 21.9. The third-order valence-corrected chi connectivity index (χ3v) is 3.82. The van der Waals surface area contributed by atoms with Gasteiger partial charge in [-0.15, -0.1) is 0 Å². The molecule has 3 nitrogen and oxygen atoms in total. The lowest BCUT2D eigenvalue weighted by molar-refractivity contribution is -0.165. The summed E-state index contributed by atoms with van der Waals surface area (Å²) in [5.74, 6) is 0. The maximum atomic E-state index is 5.67. The van der Waals surface area contributed by atoms with E-state index in [9.17, 15) is 0 Å². The van der Waals surface area contributed by atoms with E-state index in [4.69, 9.17) is 14.2 Å². The van der Waals surface area contributed by atoms with Crippen molar-refractivity contribution < 1.29 is 14.2 Å². The molecule has 0 radical (unpaired) electrons. The van der Waals surface area contributed by atoms with Gasteiger partial charge in [-0.1, -0.05) is 64.7 Å². The van der Waals surface area contributed by atoms with Gasteiger partial charge in [0, 0.05) is 13.2 Å². The van der Waals surface area contributed by atoms with E-state index in [1.54, 1.807) is 0 Å². The second-order valence-electron chi connectivity index (χ2n) is 6.23. The number of hydrogen-bond donors (Lipinski definition) is 0. The summed E-state index contributed by atoms with van der Waals surface area (Å²) in [5.41, 5.74) is 0. The first-order valence-corrected chi connectivity index (χ1v) is 9.55. The highest BCUT2D eigenvalue weighted by Gasteiger charge is 2.08. The Hall–Kier alpha value is -0.120. The minimum atomic E-state index is -0.138. The summed E-state index contributed by atoms with van der Waals surface area (Å²) in [4.78, 5) is 0. The van der Waals surface area contributed by atoms with Crippen molar-refractivity contribution in [2.24, 2.45) is 0 Å². The molecule has 3 heteroatoms. The molecular weight excluding hydrogens is 276 g/mol. The van der Waals surface area contributed by atoms with E-state index in [1.165, 1.54) is 64.2 Å². The number of hydrogen-bond acceptors (Lipinski definition) is 3. The molecule has 0 aliphatic heterocycles. The fourth-order valence-corrected chi connectivity index (χ4v) is 2.58. The van der Waals surface area contributed by atoms with Gasteiger partial charge in [-0.05, 0) is 27.2 Å². The summed E-state index contributed by atoms with van der Waals surface area (Å²) in [6.07, 6.45) is 13.6. The quantitative estimate of drug-likeness (QED) is 0.254. The molecule has 0 aromatic heterocycles. The molecule has 0 spiro atoms. The number of rotatable bonds is 17. The topological polar surface area (TPSA) is 27.7 Å². The highest BCUT2D eigenvalue weighted by Crippen LogP contribution is 2.10. The van der Waals surface area contributed by atoms with Gasteiger partial charge in [0.1, 0.15) is 0 Å². The Morgan fingerprint density at radius 3 is 1.82 bits per heavy atom. The Bertz CT molecular complexity index is 209. The van der Waals surface area contributed by atoms with Crippen molar-refractivity contribution in [1.29, 1.82) is 0 Å². The average molecular weight is 317 g/mol. The van der Waals surface area contributed by atoms with E-state index in [2.05, 4.69) is 6.92 Å². The summed E-state index contributed by atoms with van der Waals surface area (Å²) in [6.45, 7) is 10.4. The average Bonchev–Trinajstić information content (AvgIpc) is 2.48. The molecule has 0 heterocycles. The minimum absolute atomic E-state index is 0.102. The van der Waals surface area contributed by atoms with Crippen LogP contribution in [0.25, 0.3) is 0 Å². The summed E-state index contributed by atoms with van der Waals surface area (Å²) in [5, 5.41) is 0. The molecule has 2 atom stereocenters. The normalized spacial score (nSPS) is 14.2. The van der Waals surface area contributed by atoms with Crippen LogP contribution in [0.1, 0.15) is 91.9 Å². The lowest BCUT2D eigenvalue weighted by atomic mass is 10.1. The molecule has 0 unspecified atom stereocenters. The first-order valence-electron chi connectivity index (χ1n) is 9.55. The molecule has 0 amide bonds. The predicted molar refractivity (Wildman–Crippen MR) is 94.3 cm³/mol. The van der Waals surface area contributed by atoms with Crippen LogP contribution in [0.4, 0.5) is 0 Å². The van der Waals surface area contributed by atoms with Gasteiger partial charge in [0.05, 0.1) is 12.7 Å². The van der Waals surface area contributed by atoms with Crippen LogP contribution in [0.15, 0.2) is 0 Å². The van der Waals surface area contributed by atoms with Crippen LogP contribution < -0.4 is 0 Å². The molecule has 22 heavy (non-hydrogen) atoms. The third-order valence-electron chi connectivity index (χ3n) is 3.82. The molecular formula is C19H40O3. The summed E-state index contributed by atoms with van der Waals surface area (Å²) < 4.78 is 16.7. The maximum Gasteiger partial charge on any atom is 0.155 e. The molecule has 0 N–H and O–H groups in total. The molecule has 0 aliphatic carbocycles. The molecule has 134 valence electrons. The Labute approximate surface area is 139 Å². The highest BCUT2D eigenvalue weighted by molar-refractivity contribution is 4.50. The predicted octanol–water partition coefficient (Wildman–Crippen LogP) is 5.71. The molecule has 0 aromatic carbocycles. The Balaban J connectivity index is 3.16. The Morgan fingerprint density at radius 1 is 0.727 bits per heavy atom. The van der Waals surface area contributed by atoms with Crippen molar-refractivity contribution in [3.05, 3.63) is 0 Å². The maximum absolute atomic E-state index is 5.67. The fourth-order valence-electron chi connectivity index (χ4n) is 2.58. The largest absolute Gasteiger partial charge is 0.379 e. The van der Waals surface area contributed by atoms with Crippen molar-refractivity contribution >= 4 is 0 Å². The smallest absolute Gasteiger partial charge is 0.155 e. The van der Waals surface area contributed by atoms with E-state index in [0.717, 1.165) is 6.61 Å². The van der Waals surface area contributed by atoms with Gasteiger partial charge in [0.15, 0.2) is 6.29 Å². The van der Waals surface area contributed by atoms with Crippen molar-refractivity contribution in [2.75, 3.05) is 19.8 Å². The van der Waals surface area contributed by atoms with E-state index >= 15 is 0 Å². The summed E-state index contributed by atoms with van der Waals surface area (Å²) in [6, 6.07) is 0. The van der Waals surface area contributed by atoms with Crippen LogP contribution >= 0.6 is 0 Å². The van der Waals surface area contributed by atoms with Crippen LogP contribution in [0.5, 0.6) is 0 Å². The Morgan fingerprint density at radius 2 is 1.27 bits per heavy atom. The van der Waals surface area contributed by atoms with Gasteiger partial charge in [0.2, 0.25) is 0 Å². The van der Waals surface area contributed by atoms with Gasteiger partial charge in [-0.25, -0.2) is 0 Å². The van der Waals surface area contributed by atoms with Crippen LogP contribution in [-0.4, -0.2) is 32.2 Å². The van der Waals surface area contributed by atoms with Crippen LogP contribution in [0.2, 0.25) is 0 Å². The minimum Gasteiger partial charge on any atom is -0.379 e. The zero-order valence-corrected chi connectivity index (χ0v) is 15.6. The van der Waals surface area contributed by atoms with E-state index in [-0.39, 0.29) is 12.4 Å². The third kappa shape index (κ3) is 16.3. The van der Waals surface area contributed by atoms with Crippen molar-refractivity contribution in [2.45, 2.75) is 104 Å². The zero-order valence-electron chi connectivity index (χ0n) is 15.6. The van der Waals surface area contributed by atoms with Crippen molar-refractivity contribution in [3.8, 4) is 0 Å². The summed E-state index contributed by atoms with van der Waals surface area (Å²) >= 11 is 0. The van der Waals surface area contributed by atoms with Gasteiger partial charge in [-0.2, -0.15) is 0 Å².